The second-order valence-electron chi connectivity index (χ2n) is 5.68. The lowest BCUT2D eigenvalue weighted by Crippen LogP contribution is -2.14. The van der Waals surface area contributed by atoms with Crippen molar-refractivity contribution < 1.29 is 0 Å². The highest BCUT2D eigenvalue weighted by Gasteiger charge is 2.18. The van der Waals surface area contributed by atoms with Crippen molar-refractivity contribution >= 4 is 17.5 Å². The van der Waals surface area contributed by atoms with Gasteiger partial charge in [-0.2, -0.15) is 4.98 Å². The molecule has 0 unspecified atom stereocenters. The predicted octanol–water partition coefficient (Wildman–Crippen LogP) is 3.41. The molecule has 0 saturated carbocycles. The number of hydrogen-bond donors (Lipinski definition) is 2. The summed E-state index contributed by atoms with van der Waals surface area (Å²) in [6.07, 6.45) is 1.73. The highest BCUT2D eigenvalue weighted by atomic mass is 15.1. The molecule has 0 bridgehead atoms. The molecule has 19 heavy (non-hydrogen) atoms. The molecular formula is C15H20N4. The Hall–Kier alpha value is -2.10. The maximum atomic E-state index is 5.64. The fourth-order valence-electron chi connectivity index (χ4n) is 1.96. The summed E-state index contributed by atoms with van der Waals surface area (Å²) in [6.45, 7) is 8.53. The van der Waals surface area contributed by atoms with Crippen molar-refractivity contribution in [3.05, 3.63) is 41.6 Å². The van der Waals surface area contributed by atoms with Crippen molar-refractivity contribution in [3.8, 4) is 0 Å². The number of rotatable bonds is 2. The van der Waals surface area contributed by atoms with Crippen LogP contribution >= 0.6 is 0 Å². The molecule has 0 radical (unpaired) electrons. The minimum absolute atomic E-state index is 0.0655. The zero-order chi connectivity index (χ0) is 14.0. The van der Waals surface area contributed by atoms with Crippen molar-refractivity contribution in [3.63, 3.8) is 0 Å². The smallest absolute Gasteiger partial charge is 0.221 e. The largest absolute Gasteiger partial charge is 0.368 e. The molecule has 0 atom stereocenters. The zero-order valence-electron chi connectivity index (χ0n) is 11.9. The Kier molecular flexibility index (Phi) is 3.42. The number of hydrogen-bond acceptors (Lipinski definition) is 4. The molecule has 0 spiro atoms. The lowest BCUT2D eigenvalue weighted by molar-refractivity contribution is 0.592. The Balaban J connectivity index is 2.41. The van der Waals surface area contributed by atoms with E-state index in [0.717, 1.165) is 17.1 Å². The number of aromatic nitrogens is 2. The minimum Gasteiger partial charge on any atom is -0.368 e. The first-order valence-electron chi connectivity index (χ1n) is 6.33. The highest BCUT2D eigenvalue weighted by molar-refractivity contribution is 5.64. The third-order valence-electron chi connectivity index (χ3n) is 2.98. The summed E-state index contributed by atoms with van der Waals surface area (Å²) in [5, 5.41) is 3.36. The van der Waals surface area contributed by atoms with E-state index < -0.39 is 0 Å². The molecule has 1 aromatic carbocycles. The Labute approximate surface area is 114 Å². The molecule has 4 nitrogen and oxygen atoms in total. The number of aryl methyl sites for hydroxylation is 1. The fraction of sp³-hybridized carbons (Fsp3) is 0.333. The molecule has 1 aromatic heterocycles. The van der Waals surface area contributed by atoms with E-state index in [1.54, 1.807) is 6.20 Å². The molecule has 0 aliphatic rings. The number of nitrogens with two attached hydrogens (primary N) is 1. The first-order valence-corrected chi connectivity index (χ1v) is 6.33. The summed E-state index contributed by atoms with van der Waals surface area (Å²) in [7, 11) is 0. The molecule has 3 N–H and O–H groups in total. The van der Waals surface area contributed by atoms with Gasteiger partial charge in [0.05, 0.1) is 0 Å². The highest BCUT2D eigenvalue weighted by Crippen LogP contribution is 2.31. The second kappa shape index (κ2) is 4.88. The number of nitrogens with zero attached hydrogens (tertiary/aromatic N) is 2. The number of nitrogens with one attached hydrogen (secondary N) is 1. The third kappa shape index (κ3) is 3.02. The van der Waals surface area contributed by atoms with Crippen molar-refractivity contribution in [1.29, 1.82) is 0 Å². The molecule has 100 valence electrons. The Bertz CT molecular complexity index is 585. The van der Waals surface area contributed by atoms with Gasteiger partial charge < -0.3 is 11.1 Å². The SMILES string of the molecule is Cc1cnc(N)nc1Nc1ccccc1C(C)(C)C. The van der Waals surface area contributed by atoms with Crippen LogP contribution in [0.5, 0.6) is 0 Å². The quantitative estimate of drug-likeness (QED) is 0.864. The molecule has 0 amide bonds. The van der Waals surface area contributed by atoms with Crippen LogP contribution in [0, 0.1) is 6.92 Å². The molecule has 0 saturated heterocycles. The minimum atomic E-state index is 0.0655. The normalized spacial score (nSPS) is 11.4. The van der Waals surface area contributed by atoms with Gasteiger partial charge in [-0.1, -0.05) is 39.0 Å². The van der Waals surface area contributed by atoms with Crippen LogP contribution in [-0.2, 0) is 5.41 Å². The van der Waals surface area contributed by atoms with Crippen LogP contribution in [0.2, 0.25) is 0 Å². The first kappa shape index (κ1) is 13.3. The first-order chi connectivity index (χ1) is 8.88. The van der Waals surface area contributed by atoms with E-state index in [-0.39, 0.29) is 11.4 Å². The van der Waals surface area contributed by atoms with E-state index in [1.165, 1.54) is 5.56 Å². The van der Waals surface area contributed by atoms with Crippen molar-refractivity contribution in [1.82, 2.24) is 9.97 Å². The van der Waals surface area contributed by atoms with Crippen LogP contribution < -0.4 is 11.1 Å². The summed E-state index contributed by atoms with van der Waals surface area (Å²) in [6, 6.07) is 8.24. The average Bonchev–Trinajstić information content (AvgIpc) is 2.33. The van der Waals surface area contributed by atoms with Gasteiger partial charge in [0.15, 0.2) is 0 Å². The van der Waals surface area contributed by atoms with Gasteiger partial charge in [0.25, 0.3) is 0 Å². The van der Waals surface area contributed by atoms with Crippen molar-refractivity contribution in [2.75, 3.05) is 11.1 Å². The maximum absolute atomic E-state index is 5.64. The standard InChI is InChI=1S/C15H20N4/c1-10-9-17-14(16)19-13(10)18-12-8-6-5-7-11(12)15(2,3)4/h5-9H,1-4H3,(H3,16,17,18,19). The molecule has 0 fully saturated rings. The van der Waals surface area contributed by atoms with E-state index in [1.807, 2.05) is 19.1 Å². The van der Waals surface area contributed by atoms with Crippen LogP contribution in [0.4, 0.5) is 17.5 Å². The second-order valence-corrected chi connectivity index (χ2v) is 5.68. The van der Waals surface area contributed by atoms with Crippen LogP contribution in [0.15, 0.2) is 30.5 Å². The van der Waals surface area contributed by atoms with Gasteiger partial charge in [-0.25, -0.2) is 4.98 Å². The summed E-state index contributed by atoms with van der Waals surface area (Å²) in [5.74, 6) is 1.03. The molecule has 0 aliphatic heterocycles. The average molecular weight is 256 g/mol. The number of para-hydroxylation sites is 1. The van der Waals surface area contributed by atoms with Crippen molar-refractivity contribution in [2.24, 2.45) is 0 Å². The van der Waals surface area contributed by atoms with Gasteiger partial charge in [0.2, 0.25) is 5.95 Å². The van der Waals surface area contributed by atoms with Gasteiger partial charge in [0, 0.05) is 17.4 Å². The Morgan fingerprint density at radius 2 is 1.84 bits per heavy atom. The van der Waals surface area contributed by atoms with Gasteiger partial charge in [-0.05, 0) is 24.0 Å². The van der Waals surface area contributed by atoms with Crippen LogP contribution in [0.1, 0.15) is 31.9 Å². The summed E-state index contributed by atoms with van der Waals surface area (Å²) < 4.78 is 0. The lowest BCUT2D eigenvalue weighted by Gasteiger charge is -2.23. The lowest BCUT2D eigenvalue weighted by atomic mass is 9.86. The van der Waals surface area contributed by atoms with Crippen molar-refractivity contribution in [2.45, 2.75) is 33.1 Å². The van der Waals surface area contributed by atoms with E-state index in [9.17, 15) is 0 Å². The van der Waals surface area contributed by atoms with E-state index in [4.69, 9.17) is 5.73 Å². The summed E-state index contributed by atoms with van der Waals surface area (Å²) in [5.41, 5.74) is 8.97. The fourth-order valence-corrected chi connectivity index (χ4v) is 1.96. The molecule has 2 rings (SSSR count). The maximum Gasteiger partial charge on any atom is 0.221 e. The predicted molar refractivity (Wildman–Crippen MR) is 79.6 cm³/mol. The molecule has 2 aromatic rings. The summed E-state index contributed by atoms with van der Waals surface area (Å²) in [4.78, 5) is 8.23. The van der Waals surface area contributed by atoms with Gasteiger partial charge in [-0.15, -0.1) is 0 Å². The number of nitrogen functional groups attached to an aromatic ring is 1. The van der Waals surface area contributed by atoms with E-state index in [0.29, 0.717) is 0 Å². The summed E-state index contributed by atoms with van der Waals surface area (Å²) >= 11 is 0. The molecule has 1 heterocycles. The van der Waals surface area contributed by atoms with Crippen LogP contribution in [0.25, 0.3) is 0 Å². The van der Waals surface area contributed by atoms with E-state index >= 15 is 0 Å². The molecule has 0 aliphatic carbocycles. The Morgan fingerprint density at radius 1 is 1.16 bits per heavy atom. The van der Waals surface area contributed by atoms with Gasteiger partial charge >= 0.3 is 0 Å². The molecular weight excluding hydrogens is 236 g/mol. The topological polar surface area (TPSA) is 63.8 Å². The van der Waals surface area contributed by atoms with Crippen LogP contribution in [0.3, 0.4) is 0 Å². The Morgan fingerprint density at radius 3 is 2.53 bits per heavy atom. The number of benzene rings is 1. The van der Waals surface area contributed by atoms with Gasteiger partial charge in [0.1, 0.15) is 5.82 Å². The monoisotopic (exact) mass is 256 g/mol. The van der Waals surface area contributed by atoms with Crippen LogP contribution in [-0.4, -0.2) is 9.97 Å². The van der Waals surface area contributed by atoms with E-state index in [2.05, 4.69) is 48.2 Å². The number of anilines is 3. The van der Waals surface area contributed by atoms with Gasteiger partial charge in [-0.3, -0.25) is 0 Å². The molecule has 4 heteroatoms. The zero-order valence-corrected chi connectivity index (χ0v) is 11.9. The third-order valence-corrected chi connectivity index (χ3v) is 2.98.